The van der Waals surface area contributed by atoms with Gasteiger partial charge in [0.1, 0.15) is 0 Å². The Morgan fingerprint density at radius 1 is 1.67 bits per heavy atom. The van der Waals surface area contributed by atoms with Gasteiger partial charge in [-0.15, -0.1) is 0 Å². The molecular weight excluding hydrogens is 226 g/mol. The van der Waals surface area contributed by atoms with Gasteiger partial charge in [0.15, 0.2) is 0 Å². The molecule has 2 rings (SSSR count). The van der Waals surface area contributed by atoms with Crippen molar-refractivity contribution in [2.24, 2.45) is 18.7 Å². The van der Waals surface area contributed by atoms with Gasteiger partial charge in [-0.3, -0.25) is 4.68 Å². The summed E-state index contributed by atoms with van der Waals surface area (Å²) in [5.41, 5.74) is 7.48. The molecule has 1 aromatic heterocycles. The first-order valence-corrected chi connectivity index (χ1v) is 6.84. The summed E-state index contributed by atoms with van der Waals surface area (Å²) in [6, 6.07) is 0.0504. The lowest BCUT2D eigenvalue weighted by atomic mass is 9.73. The van der Waals surface area contributed by atoms with Crippen molar-refractivity contribution in [3.63, 3.8) is 0 Å². The Bertz CT molecular complexity index is 390. The number of nitrogens with zero attached hydrogens (tertiary/aromatic N) is 2. The summed E-state index contributed by atoms with van der Waals surface area (Å²) in [5.74, 6) is 0.707. The van der Waals surface area contributed by atoms with Gasteiger partial charge in [-0.2, -0.15) is 5.10 Å². The van der Waals surface area contributed by atoms with Gasteiger partial charge in [0.25, 0.3) is 0 Å². The van der Waals surface area contributed by atoms with Gasteiger partial charge in [0.2, 0.25) is 0 Å². The second-order valence-corrected chi connectivity index (χ2v) is 5.80. The second kappa shape index (κ2) is 5.41. The number of hydrogen-bond acceptors (Lipinski definition) is 3. The van der Waals surface area contributed by atoms with Crippen molar-refractivity contribution in [2.75, 3.05) is 7.11 Å². The molecule has 3 unspecified atom stereocenters. The topological polar surface area (TPSA) is 53.1 Å². The Hall–Kier alpha value is -0.870. The molecule has 1 saturated carbocycles. The van der Waals surface area contributed by atoms with E-state index in [0.29, 0.717) is 5.92 Å². The highest BCUT2D eigenvalue weighted by Crippen LogP contribution is 2.37. The maximum atomic E-state index is 6.44. The van der Waals surface area contributed by atoms with Crippen molar-refractivity contribution in [1.29, 1.82) is 0 Å². The minimum atomic E-state index is -0.145. The SMILES string of the molecule is COC1(C(N)Cc2cnn(C)c2)CCCC(C)C1. The van der Waals surface area contributed by atoms with E-state index < -0.39 is 0 Å². The first-order chi connectivity index (χ1) is 8.55. The lowest BCUT2D eigenvalue weighted by Gasteiger charge is -2.43. The fourth-order valence-electron chi connectivity index (χ4n) is 3.23. The Morgan fingerprint density at radius 3 is 3.00 bits per heavy atom. The average Bonchev–Trinajstić information content (AvgIpc) is 2.74. The molecule has 1 aliphatic rings. The lowest BCUT2D eigenvalue weighted by molar-refractivity contribution is -0.0705. The first kappa shape index (κ1) is 13.6. The third-order valence-corrected chi connectivity index (χ3v) is 4.29. The summed E-state index contributed by atoms with van der Waals surface area (Å²) in [6.07, 6.45) is 9.44. The molecule has 1 aliphatic carbocycles. The van der Waals surface area contributed by atoms with E-state index in [9.17, 15) is 0 Å². The number of nitrogens with two attached hydrogens (primary N) is 1. The molecule has 0 radical (unpaired) electrons. The second-order valence-electron chi connectivity index (χ2n) is 5.80. The molecule has 1 heterocycles. The molecule has 1 fully saturated rings. The molecule has 0 bridgehead atoms. The predicted molar refractivity (Wildman–Crippen MR) is 72.3 cm³/mol. The molecule has 3 atom stereocenters. The van der Waals surface area contributed by atoms with Crippen LogP contribution in [0.4, 0.5) is 0 Å². The third kappa shape index (κ3) is 2.75. The summed E-state index contributed by atoms with van der Waals surface area (Å²) in [4.78, 5) is 0. The van der Waals surface area contributed by atoms with E-state index in [-0.39, 0.29) is 11.6 Å². The van der Waals surface area contributed by atoms with E-state index in [0.717, 1.165) is 19.3 Å². The third-order valence-electron chi connectivity index (χ3n) is 4.29. The molecule has 0 aliphatic heterocycles. The quantitative estimate of drug-likeness (QED) is 0.889. The van der Waals surface area contributed by atoms with E-state index in [1.807, 2.05) is 24.1 Å². The fraction of sp³-hybridized carbons (Fsp3) is 0.786. The van der Waals surface area contributed by atoms with E-state index in [4.69, 9.17) is 10.5 Å². The van der Waals surface area contributed by atoms with Crippen LogP contribution in [0.3, 0.4) is 0 Å². The van der Waals surface area contributed by atoms with E-state index in [1.165, 1.54) is 18.4 Å². The zero-order valence-electron chi connectivity index (χ0n) is 11.7. The Labute approximate surface area is 110 Å². The highest BCUT2D eigenvalue weighted by molar-refractivity contribution is 5.09. The minimum absolute atomic E-state index is 0.0504. The minimum Gasteiger partial charge on any atom is -0.377 e. The molecule has 1 aromatic rings. The van der Waals surface area contributed by atoms with E-state index in [1.54, 1.807) is 7.11 Å². The standard InChI is InChI=1S/C14H25N3O/c1-11-5-4-6-14(8-11,18-3)13(15)7-12-9-16-17(2)10-12/h9-11,13H,4-8,15H2,1-3H3. The van der Waals surface area contributed by atoms with Crippen LogP contribution in [0.1, 0.15) is 38.2 Å². The highest BCUT2D eigenvalue weighted by atomic mass is 16.5. The van der Waals surface area contributed by atoms with Crippen LogP contribution in [-0.4, -0.2) is 28.5 Å². The van der Waals surface area contributed by atoms with Crippen LogP contribution in [0.5, 0.6) is 0 Å². The molecule has 102 valence electrons. The van der Waals surface area contributed by atoms with Crippen LogP contribution in [-0.2, 0) is 18.2 Å². The number of methoxy groups -OCH3 is 1. The van der Waals surface area contributed by atoms with Gasteiger partial charge in [0, 0.05) is 26.4 Å². The van der Waals surface area contributed by atoms with Crippen LogP contribution >= 0.6 is 0 Å². The van der Waals surface area contributed by atoms with E-state index >= 15 is 0 Å². The zero-order chi connectivity index (χ0) is 13.2. The maximum Gasteiger partial charge on any atom is 0.0834 e. The smallest absolute Gasteiger partial charge is 0.0834 e. The van der Waals surface area contributed by atoms with Gasteiger partial charge in [-0.25, -0.2) is 0 Å². The molecule has 18 heavy (non-hydrogen) atoms. The van der Waals surface area contributed by atoms with Crippen molar-refractivity contribution < 1.29 is 4.74 Å². The summed E-state index contributed by atoms with van der Waals surface area (Å²) in [7, 11) is 3.74. The molecule has 0 spiro atoms. The molecular formula is C14H25N3O. The fourth-order valence-corrected chi connectivity index (χ4v) is 3.23. The molecule has 0 amide bonds. The van der Waals surface area contributed by atoms with E-state index in [2.05, 4.69) is 12.0 Å². The Balaban J connectivity index is 2.07. The number of hydrogen-bond donors (Lipinski definition) is 1. The van der Waals surface area contributed by atoms with Crippen LogP contribution in [0.25, 0.3) is 0 Å². The summed E-state index contributed by atoms with van der Waals surface area (Å²) in [5, 5.41) is 4.20. The van der Waals surface area contributed by atoms with Crippen molar-refractivity contribution in [3.8, 4) is 0 Å². The Kier molecular flexibility index (Phi) is 4.07. The number of aryl methyl sites for hydroxylation is 1. The Morgan fingerprint density at radius 2 is 2.44 bits per heavy atom. The van der Waals surface area contributed by atoms with Crippen molar-refractivity contribution >= 4 is 0 Å². The predicted octanol–water partition coefficient (Wildman–Crippen LogP) is 1.89. The molecule has 4 nitrogen and oxygen atoms in total. The molecule has 0 aromatic carbocycles. The summed E-state index contributed by atoms with van der Waals surface area (Å²) < 4.78 is 7.66. The van der Waals surface area contributed by atoms with Gasteiger partial charge < -0.3 is 10.5 Å². The molecule has 4 heteroatoms. The van der Waals surface area contributed by atoms with Crippen LogP contribution < -0.4 is 5.73 Å². The van der Waals surface area contributed by atoms with Crippen LogP contribution in [0, 0.1) is 5.92 Å². The normalized spacial score (nSPS) is 30.3. The van der Waals surface area contributed by atoms with Gasteiger partial charge in [-0.1, -0.05) is 19.8 Å². The number of rotatable bonds is 4. The largest absolute Gasteiger partial charge is 0.377 e. The van der Waals surface area contributed by atoms with Crippen LogP contribution in [0.15, 0.2) is 12.4 Å². The number of aromatic nitrogens is 2. The first-order valence-electron chi connectivity index (χ1n) is 6.84. The van der Waals surface area contributed by atoms with Gasteiger partial charge >= 0.3 is 0 Å². The molecule has 0 saturated heterocycles. The summed E-state index contributed by atoms with van der Waals surface area (Å²) >= 11 is 0. The van der Waals surface area contributed by atoms with Gasteiger partial charge in [0.05, 0.1) is 11.8 Å². The average molecular weight is 251 g/mol. The van der Waals surface area contributed by atoms with Crippen LogP contribution in [0.2, 0.25) is 0 Å². The van der Waals surface area contributed by atoms with Crippen molar-refractivity contribution in [2.45, 2.75) is 50.7 Å². The highest BCUT2D eigenvalue weighted by Gasteiger charge is 2.40. The number of ether oxygens (including phenoxy) is 1. The van der Waals surface area contributed by atoms with Crippen molar-refractivity contribution in [3.05, 3.63) is 18.0 Å². The monoisotopic (exact) mass is 251 g/mol. The molecule has 2 N–H and O–H groups in total. The van der Waals surface area contributed by atoms with Crippen molar-refractivity contribution in [1.82, 2.24) is 9.78 Å². The lowest BCUT2D eigenvalue weighted by Crippen LogP contribution is -2.53. The maximum absolute atomic E-state index is 6.44. The van der Waals surface area contributed by atoms with Gasteiger partial charge in [-0.05, 0) is 30.7 Å². The summed E-state index contributed by atoms with van der Waals surface area (Å²) in [6.45, 7) is 2.30. The zero-order valence-corrected chi connectivity index (χ0v) is 11.7.